The Bertz CT molecular complexity index is 1500. The van der Waals surface area contributed by atoms with Crippen molar-refractivity contribution in [3.63, 3.8) is 0 Å². The molecule has 8 heteroatoms. The first-order chi connectivity index (χ1) is 16.4. The van der Waals surface area contributed by atoms with Crippen LogP contribution in [0.5, 0.6) is 0 Å². The molecule has 0 amide bonds. The summed E-state index contributed by atoms with van der Waals surface area (Å²) in [6.45, 7) is 0. The van der Waals surface area contributed by atoms with E-state index < -0.39 is 14.8 Å². The fourth-order valence-electron chi connectivity index (χ4n) is 4.42. The summed E-state index contributed by atoms with van der Waals surface area (Å²) in [4.78, 5) is 13.4. The van der Waals surface area contributed by atoms with Gasteiger partial charge in [0, 0.05) is 39.3 Å². The molecule has 1 aromatic heterocycles. The van der Waals surface area contributed by atoms with Crippen LogP contribution in [0.25, 0.3) is 27.9 Å². The number of rotatable bonds is 5. The number of aromatic nitrogens is 2. The Morgan fingerprint density at radius 3 is 2.32 bits per heavy atom. The van der Waals surface area contributed by atoms with Crippen LogP contribution in [-0.4, -0.2) is 37.5 Å². The average molecular weight is 491 g/mol. The van der Waals surface area contributed by atoms with Gasteiger partial charge in [-0.25, -0.2) is 17.9 Å². The van der Waals surface area contributed by atoms with E-state index in [1.165, 1.54) is 7.11 Å². The van der Waals surface area contributed by atoms with E-state index in [4.69, 9.17) is 9.84 Å². The number of nitrogens with zero attached hydrogens (tertiary/aromatic N) is 2. The monoisotopic (exact) mass is 490 g/mol. The minimum atomic E-state index is -3.49. The molecule has 0 saturated carbocycles. The number of esters is 1. The van der Waals surface area contributed by atoms with Crippen molar-refractivity contribution in [2.75, 3.05) is 13.4 Å². The number of fused-ring (bicyclic) bond motifs is 3. The summed E-state index contributed by atoms with van der Waals surface area (Å²) >= 11 is 0. The highest BCUT2D eigenvalue weighted by molar-refractivity contribution is 8.71. The summed E-state index contributed by atoms with van der Waals surface area (Å²) < 4.78 is 31.6. The molecule has 0 aliphatic heterocycles. The maximum absolute atomic E-state index is 13.1. The Hall–Kier alpha value is -3.36. The van der Waals surface area contributed by atoms with Crippen LogP contribution in [0.15, 0.2) is 77.8 Å². The Kier molecular flexibility index (Phi) is 5.79. The first-order valence-corrected chi connectivity index (χ1v) is 14.0. The lowest BCUT2D eigenvalue weighted by atomic mass is 9.82. The van der Waals surface area contributed by atoms with Gasteiger partial charge in [-0.1, -0.05) is 48.5 Å². The molecular weight excluding hydrogens is 468 g/mol. The minimum absolute atomic E-state index is 0.265. The van der Waals surface area contributed by atoms with Crippen molar-refractivity contribution < 1.29 is 17.9 Å². The standard InChI is InChI=1S/C26H22N2O4S2/c1-32-26(29)25-23(33-34(2,30)31)15-20(17-9-5-3-6-10-17)19-13-14-22-21(24(19)25)16-28(27-22)18-11-7-4-8-12-18/h3-12,15-16H,13-14H2,1-2H3. The highest BCUT2D eigenvalue weighted by Gasteiger charge is 2.32. The molecule has 0 saturated heterocycles. The number of hydrogen-bond donors (Lipinski definition) is 0. The van der Waals surface area contributed by atoms with Crippen molar-refractivity contribution in [1.82, 2.24) is 9.78 Å². The van der Waals surface area contributed by atoms with E-state index in [2.05, 4.69) is 0 Å². The summed E-state index contributed by atoms with van der Waals surface area (Å²) in [7, 11) is -1.51. The Morgan fingerprint density at radius 2 is 1.68 bits per heavy atom. The number of methoxy groups -OCH3 is 1. The molecule has 172 valence electrons. The number of carbonyl (C=O) groups excluding carboxylic acids is 1. The van der Waals surface area contributed by atoms with Crippen LogP contribution in [0.1, 0.15) is 21.6 Å². The average Bonchev–Trinajstić information content (AvgIpc) is 3.28. The molecule has 6 nitrogen and oxygen atoms in total. The van der Waals surface area contributed by atoms with E-state index in [9.17, 15) is 13.2 Å². The van der Waals surface area contributed by atoms with Gasteiger partial charge in [0.1, 0.15) is 0 Å². The molecule has 4 aromatic rings. The first kappa shape index (κ1) is 22.4. The maximum atomic E-state index is 13.1. The third-order valence-corrected chi connectivity index (χ3v) is 8.06. The van der Waals surface area contributed by atoms with Crippen molar-refractivity contribution in [3.05, 3.63) is 89.7 Å². The lowest BCUT2D eigenvalue weighted by Crippen LogP contribution is -2.14. The number of carbonyl (C=O) groups is 1. The molecule has 1 aliphatic carbocycles. The van der Waals surface area contributed by atoms with Crippen LogP contribution >= 0.6 is 10.8 Å². The van der Waals surface area contributed by atoms with Crippen LogP contribution in [-0.2, 0) is 26.4 Å². The Morgan fingerprint density at radius 1 is 1.00 bits per heavy atom. The number of para-hydroxylation sites is 1. The second kappa shape index (κ2) is 8.77. The van der Waals surface area contributed by atoms with Gasteiger partial charge >= 0.3 is 5.97 Å². The topological polar surface area (TPSA) is 78.3 Å². The summed E-state index contributed by atoms with van der Waals surface area (Å²) in [5, 5.41) is 4.79. The number of aryl methyl sites for hydroxylation is 1. The van der Waals surface area contributed by atoms with E-state index in [-0.39, 0.29) is 5.56 Å². The van der Waals surface area contributed by atoms with Crippen LogP contribution in [0, 0.1) is 0 Å². The maximum Gasteiger partial charge on any atom is 0.339 e. The zero-order valence-electron chi connectivity index (χ0n) is 18.7. The van der Waals surface area contributed by atoms with Crippen molar-refractivity contribution in [3.8, 4) is 27.9 Å². The number of ether oxygens (including phenoxy) is 1. The summed E-state index contributed by atoms with van der Waals surface area (Å²) in [5.41, 5.74) is 6.41. The molecular formula is C26H22N2O4S2. The Balaban J connectivity index is 1.84. The molecule has 0 radical (unpaired) electrons. The highest BCUT2D eigenvalue weighted by atomic mass is 33.1. The van der Waals surface area contributed by atoms with E-state index in [0.717, 1.165) is 39.9 Å². The van der Waals surface area contributed by atoms with Gasteiger partial charge in [-0.2, -0.15) is 5.10 Å². The zero-order valence-corrected chi connectivity index (χ0v) is 20.3. The summed E-state index contributed by atoms with van der Waals surface area (Å²) in [6.07, 6.45) is 4.44. The van der Waals surface area contributed by atoms with E-state index in [1.807, 2.05) is 66.9 Å². The van der Waals surface area contributed by atoms with Crippen molar-refractivity contribution in [2.24, 2.45) is 0 Å². The van der Waals surface area contributed by atoms with Crippen LogP contribution < -0.4 is 0 Å². The molecule has 0 unspecified atom stereocenters. The highest BCUT2D eigenvalue weighted by Crippen LogP contribution is 2.46. The molecule has 5 rings (SSSR count). The van der Waals surface area contributed by atoms with Crippen LogP contribution in [0.2, 0.25) is 0 Å². The molecule has 1 aliphatic rings. The molecule has 0 fully saturated rings. The van der Waals surface area contributed by atoms with Crippen molar-refractivity contribution in [2.45, 2.75) is 17.7 Å². The minimum Gasteiger partial charge on any atom is -0.465 e. The van der Waals surface area contributed by atoms with Gasteiger partial charge in [-0.15, -0.1) is 0 Å². The molecule has 3 aromatic carbocycles. The molecule has 0 atom stereocenters. The SMILES string of the molecule is COC(=O)c1c(SS(C)(=O)=O)cc(-c2ccccc2)c2c1-c1cn(-c3ccccc3)nc1CC2. The molecule has 0 spiro atoms. The van der Waals surface area contributed by atoms with Gasteiger partial charge in [0.25, 0.3) is 0 Å². The largest absolute Gasteiger partial charge is 0.465 e. The van der Waals surface area contributed by atoms with Gasteiger partial charge in [-0.3, -0.25) is 0 Å². The van der Waals surface area contributed by atoms with E-state index in [1.54, 1.807) is 10.7 Å². The molecule has 0 N–H and O–H groups in total. The lowest BCUT2D eigenvalue weighted by molar-refractivity contribution is 0.0597. The molecule has 0 bridgehead atoms. The molecule has 34 heavy (non-hydrogen) atoms. The van der Waals surface area contributed by atoms with Crippen molar-refractivity contribution in [1.29, 1.82) is 0 Å². The van der Waals surface area contributed by atoms with Gasteiger partial charge in [0.15, 0.2) is 0 Å². The first-order valence-electron chi connectivity index (χ1n) is 10.7. The zero-order chi connectivity index (χ0) is 23.9. The van der Waals surface area contributed by atoms with Gasteiger partial charge < -0.3 is 4.74 Å². The van der Waals surface area contributed by atoms with Crippen molar-refractivity contribution >= 4 is 25.6 Å². The number of hydrogen-bond acceptors (Lipinski definition) is 6. The van der Waals surface area contributed by atoms with E-state index in [0.29, 0.717) is 34.1 Å². The number of benzene rings is 3. The predicted molar refractivity (Wildman–Crippen MR) is 134 cm³/mol. The summed E-state index contributed by atoms with van der Waals surface area (Å²) in [6, 6.07) is 21.4. The fourth-order valence-corrected chi connectivity index (χ4v) is 6.56. The fraction of sp³-hybridized carbons (Fsp3) is 0.154. The lowest BCUT2D eigenvalue weighted by Gasteiger charge is -2.24. The van der Waals surface area contributed by atoms with Crippen LogP contribution in [0.3, 0.4) is 0 Å². The summed E-state index contributed by atoms with van der Waals surface area (Å²) in [5.74, 6) is -0.567. The van der Waals surface area contributed by atoms with E-state index >= 15 is 0 Å². The Labute approximate surface area is 201 Å². The third-order valence-electron chi connectivity index (χ3n) is 5.81. The predicted octanol–water partition coefficient (Wildman–Crippen LogP) is 5.14. The second-order valence-electron chi connectivity index (χ2n) is 8.07. The normalized spacial score (nSPS) is 12.6. The van der Waals surface area contributed by atoms with Gasteiger partial charge in [0.2, 0.25) is 8.87 Å². The quantitative estimate of drug-likeness (QED) is 0.285. The second-order valence-corrected chi connectivity index (χ2v) is 12.4. The van der Waals surface area contributed by atoms with Crippen LogP contribution in [0.4, 0.5) is 0 Å². The van der Waals surface area contributed by atoms with Gasteiger partial charge in [0.05, 0.1) is 24.1 Å². The van der Waals surface area contributed by atoms with Gasteiger partial charge in [-0.05, 0) is 47.7 Å². The smallest absolute Gasteiger partial charge is 0.339 e. The molecule has 1 heterocycles. The third kappa shape index (κ3) is 4.15.